The van der Waals surface area contributed by atoms with E-state index in [2.05, 4.69) is 38.6 Å². The molecule has 0 bridgehead atoms. The van der Waals surface area contributed by atoms with Crippen molar-refractivity contribution < 1.29 is 9.90 Å². The summed E-state index contributed by atoms with van der Waals surface area (Å²) in [5.41, 5.74) is 0.575. The topological polar surface area (TPSA) is 52.2 Å². The first-order valence-corrected chi connectivity index (χ1v) is 10.3. The van der Waals surface area contributed by atoms with Crippen molar-refractivity contribution in [1.29, 1.82) is 0 Å². The van der Waals surface area contributed by atoms with E-state index in [1.807, 2.05) is 33.8 Å². The molecular formula is C26H44NO2-. The molecule has 1 rings (SSSR count). The molecule has 0 heterocycles. The van der Waals surface area contributed by atoms with Crippen molar-refractivity contribution >= 4 is 11.6 Å². The Balaban J connectivity index is -0.000000164. The van der Waals surface area contributed by atoms with Gasteiger partial charge in [-0.1, -0.05) is 63.1 Å². The molecule has 29 heavy (non-hydrogen) atoms. The number of allylic oxidation sites excluding steroid dienone is 4. The SMILES string of the molecule is C=CC.C=CC.C=CC.C=CCCCCC.CCCC(=O)Nc1cccc([O-])c1. The van der Waals surface area contributed by atoms with E-state index < -0.39 is 0 Å². The van der Waals surface area contributed by atoms with Crippen molar-refractivity contribution in [2.24, 2.45) is 0 Å². The van der Waals surface area contributed by atoms with Crippen LogP contribution >= 0.6 is 0 Å². The van der Waals surface area contributed by atoms with Crippen LogP contribution in [0.1, 0.15) is 73.1 Å². The Bertz CT molecular complexity index is 493. The number of carbonyl (C=O) groups is 1. The lowest BCUT2D eigenvalue weighted by Crippen LogP contribution is -2.10. The van der Waals surface area contributed by atoms with E-state index >= 15 is 0 Å². The second kappa shape index (κ2) is 33.1. The molecule has 0 unspecified atom stereocenters. The van der Waals surface area contributed by atoms with Crippen molar-refractivity contribution in [2.75, 3.05) is 5.32 Å². The van der Waals surface area contributed by atoms with E-state index in [4.69, 9.17) is 0 Å². The van der Waals surface area contributed by atoms with Gasteiger partial charge in [-0.25, -0.2) is 0 Å². The fourth-order valence-corrected chi connectivity index (χ4v) is 1.56. The molecule has 0 spiro atoms. The van der Waals surface area contributed by atoms with Gasteiger partial charge in [0, 0.05) is 12.1 Å². The summed E-state index contributed by atoms with van der Waals surface area (Å²) >= 11 is 0. The molecule has 1 aromatic carbocycles. The van der Waals surface area contributed by atoms with Crippen molar-refractivity contribution in [3.63, 3.8) is 0 Å². The van der Waals surface area contributed by atoms with Gasteiger partial charge in [0.15, 0.2) is 0 Å². The summed E-state index contributed by atoms with van der Waals surface area (Å²) in [6, 6.07) is 6.20. The fourth-order valence-electron chi connectivity index (χ4n) is 1.56. The first-order valence-electron chi connectivity index (χ1n) is 10.3. The Labute approximate surface area is 181 Å². The van der Waals surface area contributed by atoms with Crippen LogP contribution in [0, 0.1) is 0 Å². The van der Waals surface area contributed by atoms with Gasteiger partial charge in [-0.15, -0.1) is 32.1 Å². The lowest BCUT2D eigenvalue weighted by molar-refractivity contribution is -0.268. The van der Waals surface area contributed by atoms with Gasteiger partial charge in [0.05, 0.1) is 0 Å². The smallest absolute Gasteiger partial charge is 0.224 e. The van der Waals surface area contributed by atoms with E-state index in [-0.39, 0.29) is 11.7 Å². The van der Waals surface area contributed by atoms with Crippen LogP contribution < -0.4 is 10.4 Å². The van der Waals surface area contributed by atoms with Crippen LogP contribution in [0.4, 0.5) is 5.69 Å². The van der Waals surface area contributed by atoms with Crippen LogP contribution in [0.15, 0.2) is 74.9 Å². The number of amides is 1. The van der Waals surface area contributed by atoms with E-state index in [1.165, 1.54) is 37.8 Å². The van der Waals surface area contributed by atoms with E-state index in [1.54, 1.807) is 30.4 Å². The van der Waals surface area contributed by atoms with Gasteiger partial charge in [0.25, 0.3) is 0 Å². The van der Waals surface area contributed by atoms with Crippen LogP contribution in [0.25, 0.3) is 0 Å². The fraction of sp³-hybridized carbons (Fsp3) is 0.423. The van der Waals surface area contributed by atoms with Crippen LogP contribution in [-0.4, -0.2) is 5.91 Å². The Kier molecular flexibility index (Phi) is 38.8. The lowest BCUT2D eigenvalue weighted by Gasteiger charge is -2.08. The average molecular weight is 403 g/mol. The largest absolute Gasteiger partial charge is 0.872 e. The standard InChI is InChI=1S/C10H13NO2.C7H14.3C3H6/c1-2-4-10(13)11-8-5-3-6-9(12)7-8;1-3-5-7-6-4-2;3*1-3-2/h3,5-7,12H,2,4H2,1H3,(H,11,13);3H,1,4-7H2,2H3;3*3H,1H2,2H3/p-1. The van der Waals surface area contributed by atoms with Crippen molar-refractivity contribution in [1.82, 2.24) is 0 Å². The monoisotopic (exact) mass is 402 g/mol. The summed E-state index contributed by atoms with van der Waals surface area (Å²) in [6.07, 6.45) is 13.7. The Morgan fingerprint density at radius 2 is 1.48 bits per heavy atom. The predicted octanol–water partition coefficient (Wildman–Crippen LogP) is 7.83. The first-order chi connectivity index (χ1) is 13.9. The number of anilines is 1. The Morgan fingerprint density at radius 3 is 1.86 bits per heavy atom. The maximum Gasteiger partial charge on any atom is 0.224 e. The molecule has 0 aliphatic carbocycles. The molecule has 0 aliphatic rings. The summed E-state index contributed by atoms with van der Waals surface area (Å²) < 4.78 is 0. The molecule has 1 N–H and O–H groups in total. The third-order valence-corrected chi connectivity index (χ3v) is 2.61. The number of nitrogens with one attached hydrogen (secondary N) is 1. The number of carbonyl (C=O) groups excluding carboxylic acids is 1. The highest BCUT2D eigenvalue weighted by Crippen LogP contribution is 2.13. The number of rotatable bonds is 7. The normalized spacial score (nSPS) is 7.76. The lowest BCUT2D eigenvalue weighted by atomic mass is 10.2. The molecule has 1 aromatic rings. The second-order valence-corrected chi connectivity index (χ2v) is 5.84. The van der Waals surface area contributed by atoms with Gasteiger partial charge in [-0.2, -0.15) is 0 Å². The van der Waals surface area contributed by atoms with Crippen LogP contribution in [0.3, 0.4) is 0 Å². The minimum absolute atomic E-state index is 0.0481. The second-order valence-electron chi connectivity index (χ2n) is 5.84. The third-order valence-electron chi connectivity index (χ3n) is 2.61. The summed E-state index contributed by atoms with van der Waals surface area (Å²) in [5.74, 6) is -0.137. The maximum atomic E-state index is 11.1. The highest BCUT2D eigenvalue weighted by atomic mass is 16.3. The van der Waals surface area contributed by atoms with Gasteiger partial charge in [0.2, 0.25) is 5.91 Å². The number of unbranched alkanes of at least 4 members (excludes halogenated alkanes) is 3. The first kappa shape index (κ1) is 34.0. The average Bonchev–Trinajstić information content (AvgIpc) is 2.65. The summed E-state index contributed by atoms with van der Waals surface area (Å²) in [6.45, 7) is 23.5. The van der Waals surface area contributed by atoms with Gasteiger partial charge in [-0.05, 0) is 52.2 Å². The summed E-state index contributed by atoms with van der Waals surface area (Å²) in [7, 11) is 0. The molecule has 0 fully saturated rings. The molecular weight excluding hydrogens is 358 g/mol. The van der Waals surface area contributed by atoms with Gasteiger partial charge < -0.3 is 10.4 Å². The summed E-state index contributed by atoms with van der Waals surface area (Å²) in [4.78, 5) is 11.1. The molecule has 0 aliphatic heterocycles. The van der Waals surface area contributed by atoms with Crippen molar-refractivity contribution in [2.45, 2.75) is 73.1 Å². The zero-order valence-corrected chi connectivity index (χ0v) is 19.5. The van der Waals surface area contributed by atoms with E-state index in [0.29, 0.717) is 12.1 Å². The third kappa shape index (κ3) is 41.1. The minimum atomic E-state index is -0.0886. The van der Waals surface area contributed by atoms with E-state index in [9.17, 15) is 9.90 Å². The number of hydrogen-bond donors (Lipinski definition) is 1. The maximum absolute atomic E-state index is 11.1. The molecule has 0 radical (unpaired) electrons. The highest BCUT2D eigenvalue weighted by molar-refractivity contribution is 5.90. The Morgan fingerprint density at radius 1 is 0.966 bits per heavy atom. The number of benzene rings is 1. The van der Waals surface area contributed by atoms with Gasteiger partial charge in [0.1, 0.15) is 0 Å². The van der Waals surface area contributed by atoms with Crippen molar-refractivity contribution in [3.05, 3.63) is 74.9 Å². The molecule has 1 amide bonds. The van der Waals surface area contributed by atoms with Crippen LogP contribution in [-0.2, 0) is 4.79 Å². The summed E-state index contributed by atoms with van der Waals surface area (Å²) in [5, 5.41) is 13.5. The zero-order chi connectivity index (χ0) is 23.3. The highest BCUT2D eigenvalue weighted by Gasteiger charge is 1.98. The molecule has 0 saturated heterocycles. The molecule has 3 heteroatoms. The number of hydrogen-bond acceptors (Lipinski definition) is 2. The Hall–Kier alpha value is -2.55. The quantitative estimate of drug-likeness (QED) is 0.373. The minimum Gasteiger partial charge on any atom is -0.872 e. The molecule has 166 valence electrons. The molecule has 3 nitrogen and oxygen atoms in total. The van der Waals surface area contributed by atoms with Gasteiger partial charge >= 0.3 is 0 Å². The predicted molar refractivity (Wildman–Crippen MR) is 131 cm³/mol. The zero-order valence-electron chi connectivity index (χ0n) is 19.5. The van der Waals surface area contributed by atoms with Crippen LogP contribution in [0.5, 0.6) is 5.75 Å². The van der Waals surface area contributed by atoms with E-state index in [0.717, 1.165) is 6.42 Å². The van der Waals surface area contributed by atoms with Crippen LogP contribution in [0.2, 0.25) is 0 Å². The molecule has 0 aromatic heterocycles. The van der Waals surface area contributed by atoms with Gasteiger partial charge in [-0.3, -0.25) is 4.79 Å². The molecule has 0 saturated carbocycles. The van der Waals surface area contributed by atoms with Crippen molar-refractivity contribution in [3.8, 4) is 5.75 Å². The molecule has 0 atom stereocenters.